The number of furan rings is 1. The molecular formula is C19H15N5O4S. The van der Waals surface area contributed by atoms with Crippen molar-refractivity contribution in [3.63, 3.8) is 0 Å². The number of aromatic nitrogens is 4. The van der Waals surface area contributed by atoms with Crippen molar-refractivity contribution in [1.82, 2.24) is 19.5 Å². The summed E-state index contributed by atoms with van der Waals surface area (Å²) in [4.78, 5) is 47.7. The lowest BCUT2D eigenvalue weighted by Gasteiger charge is -2.10. The molecule has 0 atom stereocenters. The summed E-state index contributed by atoms with van der Waals surface area (Å²) >= 11 is 1.13. The van der Waals surface area contributed by atoms with Crippen LogP contribution < -0.4 is 17.0 Å². The van der Waals surface area contributed by atoms with Gasteiger partial charge in [0.2, 0.25) is 0 Å². The Morgan fingerprint density at radius 1 is 1.28 bits per heavy atom. The van der Waals surface area contributed by atoms with Crippen LogP contribution in [0.4, 0.5) is 5.82 Å². The highest BCUT2D eigenvalue weighted by molar-refractivity contribution is 8.00. The van der Waals surface area contributed by atoms with Crippen molar-refractivity contribution < 1.29 is 9.21 Å². The fourth-order valence-electron chi connectivity index (χ4n) is 3.34. The first-order valence-corrected chi connectivity index (χ1v) is 9.95. The van der Waals surface area contributed by atoms with Crippen LogP contribution in [0, 0.1) is 0 Å². The Morgan fingerprint density at radius 3 is 2.86 bits per heavy atom. The number of fused-ring (bicyclic) bond motifs is 3. The Hall–Kier alpha value is -3.40. The molecule has 0 unspecified atom stereocenters. The first-order valence-electron chi connectivity index (χ1n) is 8.97. The number of nitrogens with one attached hydrogen (secondary N) is 1. The van der Waals surface area contributed by atoms with Gasteiger partial charge in [0.05, 0.1) is 5.75 Å². The molecule has 9 nitrogen and oxygen atoms in total. The number of ketones is 1. The van der Waals surface area contributed by atoms with Gasteiger partial charge in [-0.25, -0.2) is 14.8 Å². The number of para-hydroxylation sites is 1. The molecule has 146 valence electrons. The van der Waals surface area contributed by atoms with Crippen molar-refractivity contribution in [3.05, 3.63) is 57.0 Å². The van der Waals surface area contributed by atoms with Crippen molar-refractivity contribution in [2.75, 3.05) is 11.5 Å². The molecule has 3 N–H and O–H groups in total. The molecule has 1 saturated carbocycles. The van der Waals surface area contributed by atoms with Crippen molar-refractivity contribution in [2.45, 2.75) is 23.9 Å². The fraction of sp³-hybridized carbons (Fsp3) is 0.211. The lowest BCUT2D eigenvalue weighted by molar-refractivity contribution is 0.102. The van der Waals surface area contributed by atoms with Crippen LogP contribution in [0.15, 0.2) is 49.6 Å². The molecule has 0 saturated heterocycles. The normalized spacial score (nSPS) is 13.9. The minimum atomic E-state index is -0.772. The molecule has 0 amide bonds. The van der Waals surface area contributed by atoms with Gasteiger partial charge in [-0.05, 0) is 25.0 Å². The smallest absolute Gasteiger partial charge is 0.330 e. The van der Waals surface area contributed by atoms with Crippen LogP contribution in [0.5, 0.6) is 0 Å². The molecule has 0 spiro atoms. The van der Waals surface area contributed by atoms with Gasteiger partial charge in [0, 0.05) is 11.4 Å². The zero-order valence-electron chi connectivity index (χ0n) is 15.0. The molecule has 5 rings (SSSR count). The van der Waals surface area contributed by atoms with Gasteiger partial charge in [0.15, 0.2) is 11.4 Å². The van der Waals surface area contributed by atoms with Crippen LogP contribution in [0.3, 0.4) is 0 Å². The molecule has 10 heteroatoms. The number of hydrogen-bond acceptors (Lipinski definition) is 8. The second-order valence-corrected chi connectivity index (χ2v) is 7.75. The predicted octanol–water partition coefficient (Wildman–Crippen LogP) is 2.12. The van der Waals surface area contributed by atoms with Gasteiger partial charge in [-0.2, -0.15) is 0 Å². The Labute approximate surface area is 167 Å². The maximum Gasteiger partial charge on any atom is 0.330 e. The second-order valence-electron chi connectivity index (χ2n) is 6.79. The lowest BCUT2D eigenvalue weighted by atomic mass is 10.2. The monoisotopic (exact) mass is 409 g/mol. The number of benzene rings is 1. The molecule has 29 heavy (non-hydrogen) atoms. The summed E-state index contributed by atoms with van der Waals surface area (Å²) in [5.41, 5.74) is 6.27. The quantitative estimate of drug-likeness (QED) is 0.290. The minimum Gasteiger partial charge on any atom is -0.451 e. The van der Waals surface area contributed by atoms with Crippen molar-refractivity contribution in [3.8, 4) is 0 Å². The van der Waals surface area contributed by atoms with Crippen LogP contribution in [0.25, 0.3) is 22.1 Å². The number of H-pyrrole nitrogens is 1. The average molecular weight is 409 g/mol. The molecule has 0 radical (unpaired) electrons. The van der Waals surface area contributed by atoms with Gasteiger partial charge in [-0.1, -0.05) is 23.9 Å². The number of rotatable bonds is 5. The zero-order valence-corrected chi connectivity index (χ0v) is 15.9. The van der Waals surface area contributed by atoms with Crippen LogP contribution in [-0.2, 0) is 0 Å². The SMILES string of the molecule is Nc1c(C(=O)CSc2ncnc3c2oc2ccccc23)c(=O)[nH]c(=O)n1C1CC1. The third kappa shape index (κ3) is 2.92. The van der Waals surface area contributed by atoms with Crippen molar-refractivity contribution >= 4 is 45.4 Å². The van der Waals surface area contributed by atoms with E-state index in [1.807, 2.05) is 24.3 Å². The minimum absolute atomic E-state index is 0.0596. The molecule has 1 fully saturated rings. The number of anilines is 1. The number of aromatic amines is 1. The third-order valence-electron chi connectivity index (χ3n) is 4.84. The first-order chi connectivity index (χ1) is 14.0. The number of nitrogens with two attached hydrogens (primary N) is 1. The largest absolute Gasteiger partial charge is 0.451 e. The Balaban J connectivity index is 1.48. The van der Waals surface area contributed by atoms with E-state index in [0.717, 1.165) is 30.0 Å². The number of hydrogen-bond donors (Lipinski definition) is 2. The van der Waals surface area contributed by atoms with E-state index in [-0.39, 0.29) is 23.2 Å². The number of nitrogen functional groups attached to an aromatic ring is 1. The summed E-state index contributed by atoms with van der Waals surface area (Å²) in [7, 11) is 0. The highest BCUT2D eigenvalue weighted by atomic mass is 32.2. The highest BCUT2D eigenvalue weighted by Gasteiger charge is 2.30. The predicted molar refractivity (Wildman–Crippen MR) is 108 cm³/mol. The maximum absolute atomic E-state index is 12.8. The molecule has 0 bridgehead atoms. The topological polar surface area (TPSA) is 137 Å². The van der Waals surface area contributed by atoms with E-state index in [1.165, 1.54) is 10.9 Å². The van der Waals surface area contributed by atoms with Crippen molar-refractivity contribution in [2.24, 2.45) is 0 Å². The van der Waals surface area contributed by atoms with E-state index in [4.69, 9.17) is 10.2 Å². The van der Waals surface area contributed by atoms with Crippen LogP contribution in [0.1, 0.15) is 29.2 Å². The molecule has 1 aromatic carbocycles. The van der Waals surface area contributed by atoms with E-state index < -0.39 is 17.0 Å². The van der Waals surface area contributed by atoms with Gasteiger partial charge in [0.25, 0.3) is 5.56 Å². The summed E-state index contributed by atoms with van der Waals surface area (Å²) in [6.07, 6.45) is 3.00. The van der Waals surface area contributed by atoms with Crippen molar-refractivity contribution in [1.29, 1.82) is 0 Å². The maximum atomic E-state index is 12.8. The van der Waals surface area contributed by atoms with Gasteiger partial charge < -0.3 is 10.2 Å². The van der Waals surface area contributed by atoms with Crippen LogP contribution in [-0.4, -0.2) is 31.1 Å². The zero-order chi connectivity index (χ0) is 20.1. The van der Waals surface area contributed by atoms with E-state index in [2.05, 4.69) is 15.0 Å². The standard InChI is InChI=1S/C19H15N5O4S/c20-16-13(17(26)23-19(27)24(16)9-5-6-9)11(25)7-29-18-15-14(21-8-22-18)10-3-1-2-4-12(10)28-15/h1-4,8-9H,5-7,20H2,(H,23,26,27). The summed E-state index contributed by atoms with van der Waals surface area (Å²) < 4.78 is 7.14. The molecule has 1 aliphatic rings. The van der Waals surface area contributed by atoms with E-state index in [9.17, 15) is 14.4 Å². The molecule has 4 aromatic rings. The third-order valence-corrected chi connectivity index (χ3v) is 5.81. The molecule has 3 heterocycles. The molecule has 1 aliphatic carbocycles. The number of nitrogens with zero attached hydrogens (tertiary/aromatic N) is 3. The average Bonchev–Trinajstić information content (AvgIpc) is 3.45. The molecular weight excluding hydrogens is 394 g/mol. The van der Waals surface area contributed by atoms with E-state index in [0.29, 0.717) is 21.7 Å². The summed E-state index contributed by atoms with van der Waals surface area (Å²) in [5, 5.41) is 1.35. The highest BCUT2D eigenvalue weighted by Crippen LogP contribution is 2.36. The lowest BCUT2D eigenvalue weighted by Crippen LogP contribution is -2.36. The van der Waals surface area contributed by atoms with E-state index >= 15 is 0 Å². The molecule has 0 aliphatic heterocycles. The number of thioether (sulfide) groups is 1. The van der Waals surface area contributed by atoms with Gasteiger partial charge in [-0.3, -0.25) is 19.1 Å². The summed E-state index contributed by atoms with van der Waals surface area (Å²) in [6.45, 7) is 0. The second kappa shape index (κ2) is 6.59. The van der Waals surface area contributed by atoms with Crippen LogP contribution >= 0.6 is 11.8 Å². The van der Waals surface area contributed by atoms with Crippen LogP contribution in [0.2, 0.25) is 0 Å². The number of Topliss-reactive ketones (excluding diaryl/α,β-unsaturated/α-hetero) is 1. The number of carbonyl (C=O) groups excluding carboxylic acids is 1. The fourth-order valence-corrected chi connectivity index (χ4v) is 4.15. The number of carbonyl (C=O) groups is 1. The molecule has 3 aromatic heterocycles. The Bertz CT molecular complexity index is 1400. The van der Waals surface area contributed by atoms with Gasteiger partial charge in [-0.15, -0.1) is 0 Å². The Kier molecular flexibility index (Phi) is 4.02. The summed E-state index contributed by atoms with van der Waals surface area (Å²) in [5.74, 6) is -0.645. The van der Waals surface area contributed by atoms with Gasteiger partial charge in [0.1, 0.15) is 33.8 Å². The summed E-state index contributed by atoms with van der Waals surface area (Å²) in [6, 6.07) is 7.42. The Morgan fingerprint density at radius 2 is 2.07 bits per heavy atom. The van der Waals surface area contributed by atoms with E-state index in [1.54, 1.807) is 0 Å². The van der Waals surface area contributed by atoms with Gasteiger partial charge >= 0.3 is 5.69 Å². The first kappa shape index (κ1) is 17.7.